The molecule has 7 nitrogen and oxygen atoms in total. The second-order valence-corrected chi connectivity index (χ2v) is 10.8. The van der Waals surface area contributed by atoms with E-state index in [0.717, 1.165) is 22.0 Å². The zero-order valence-electron chi connectivity index (χ0n) is 19.3. The molecule has 1 atom stereocenters. The summed E-state index contributed by atoms with van der Waals surface area (Å²) in [5, 5.41) is 10.3. The number of aliphatic carboxylic acids is 1. The summed E-state index contributed by atoms with van der Waals surface area (Å²) >= 11 is 0. The van der Waals surface area contributed by atoms with E-state index in [9.17, 15) is 18.3 Å². The van der Waals surface area contributed by atoms with Gasteiger partial charge in [-0.3, -0.25) is 4.79 Å². The Morgan fingerprint density at radius 1 is 1.24 bits per heavy atom. The number of hydrogen-bond acceptors (Lipinski definition) is 4. The van der Waals surface area contributed by atoms with E-state index >= 15 is 0 Å². The largest absolute Gasteiger partial charge is 0.491 e. The molecule has 1 saturated heterocycles. The molecule has 2 aromatic carbocycles. The van der Waals surface area contributed by atoms with Gasteiger partial charge in [-0.25, -0.2) is 8.42 Å². The monoisotopic (exact) mass is 480 g/mol. The minimum Gasteiger partial charge on any atom is -0.491 e. The molecule has 4 rings (SSSR count). The SMILES string of the molecule is C#CCc1ccc2c(C3CCN(S(=O)(=O)c4ccc(OC(C)C)cc4)C3)cn(CC(=O)O)c2c1. The number of sulfonamides is 1. The van der Waals surface area contributed by atoms with Crippen molar-refractivity contribution < 1.29 is 23.1 Å². The van der Waals surface area contributed by atoms with Crippen LogP contribution in [0.1, 0.15) is 37.3 Å². The summed E-state index contributed by atoms with van der Waals surface area (Å²) in [6.07, 6.45) is 8.41. The summed E-state index contributed by atoms with van der Waals surface area (Å²) in [5.74, 6) is 2.27. The topological polar surface area (TPSA) is 88.8 Å². The van der Waals surface area contributed by atoms with E-state index in [2.05, 4.69) is 5.92 Å². The maximum atomic E-state index is 13.3. The van der Waals surface area contributed by atoms with Crippen LogP contribution in [0.4, 0.5) is 0 Å². The molecular formula is C26H28N2O5S. The van der Waals surface area contributed by atoms with Crippen molar-refractivity contribution in [3.63, 3.8) is 0 Å². The van der Waals surface area contributed by atoms with E-state index in [1.54, 1.807) is 28.8 Å². The molecule has 1 aliphatic heterocycles. The van der Waals surface area contributed by atoms with Crippen LogP contribution in [0.5, 0.6) is 5.75 Å². The summed E-state index contributed by atoms with van der Waals surface area (Å²) < 4.78 is 35.3. The first-order valence-corrected chi connectivity index (χ1v) is 12.7. The van der Waals surface area contributed by atoms with Crippen molar-refractivity contribution in [2.24, 2.45) is 0 Å². The molecule has 0 radical (unpaired) electrons. The number of aromatic nitrogens is 1. The van der Waals surface area contributed by atoms with Crippen molar-refractivity contribution in [1.82, 2.24) is 8.87 Å². The third-order valence-electron chi connectivity index (χ3n) is 6.01. The number of hydrogen-bond donors (Lipinski definition) is 1. The van der Waals surface area contributed by atoms with Gasteiger partial charge in [0.15, 0.2) is 0 Å². The number of nitrogens with zero attached hydrogens (tertiary/aromatic N) is 2. The minimum absolute atomic E-state index is 0.00713. The summed E-state index contributed by atoms with van der Waals surface area (Å²) in [7, 11) is -3.65. The van der Waals surface area contributed by atoms with E-state index in [4.69, 9.17) is 11.2 Å². The highest BCUT2D eigenvalue weighted by Crippen LogP contribution is 2.36. The average molecular weight is 481 g/mol. The summed E-state index contributed by atoms with van der Waals surface area (Å²) in [6.45, 7) is 4.40. The smallest absolute Gasteiger partial charge is 0.323 e. The highest BCUT2D eigenvalue weighted by atomic mass is 32.2. The fourth-order valence-corrected chi connectivity index (χ4v) is 6.01. The Hall–Kier alpha value is -3.28. The number of carboxylic acids is 1. The predicted octanol–water partition coefficient (Wildman–Crippen LogP) is 3.87. The molecule has 2 heterocycles. The summed E-state index contributed by atoms with van der Waals surface area (Å²) in [4.78, 5) is 11.7. The number of fused-ring (bicyclic) bond motifs is 1. The van der Waals surface area contributed by atoms with Crippen LogP contribution >= 0.6 is 0 Å². The third kappa shape index (κ3) is 4.81. The van der Waals surface area contributed by atoms with Crippen molar-refractivity contribution in [2.45, 2.75) is 50.2 Å². The minimum atomic E-state index is -3.65. The molecule has 0 amide bonds. The van der Waals surface area contributed by atoms with Crippen molar-refractivity contribution in [3.8, 4) is 18.1 Å². The predicted molar refractivity (Wildman–Crippen MR) is 130 cm³/mol. The van der Waals surface area contributed by atoms with E-state index in [0.29, 0.717) is 31.7 Å². The van der Waals surface area contributed by atoms with E-state index in [1.165, 1.54) is 4.31 Å². The molecule has 0 saturated carbocycles. The van der Waals surface area contributed by atoms with Crippen LogP contribution in [0.25, 0.3) is 10.9 Å². The Kier molecular flexibility index (Phi) is 6.69. The molecule has 1 N–H and O–H groups in total. The van der Waals surface area contributed by atoms with Crippen molar-refractivity contribution >= 4 is 26.9 Å². The Morgan fingerprint density at radius 3 is 2.62 bits per heavy atom. The number of rotatable bonds is 8. The lowest BCUT2D eigenvalue weighted by Gasteiger charge is -2.17. The average Bonchev–Trinajstić information content (AvgIpc) is 3.39. The molecule has 34 heavy (non-hydrogen) atoms. The molecule has 1 aliphatic rings. The Morgan fingerprint density at radius 2 is 1.97 bits per heavy atom. The standard InChI is InChI=1S/C26H28N2O5S/c1-4-5-19-6-11-23-24(16-27(17-26(29)30)25(23)14-19)20-12-13-28(15-20)34(31,32)22-9-7-21(8-10-22)33-18(2)3/h1,6-11,14,16,18,20H,5,12-13,15,17H2,2-3H3,(H,29,30). The van der Waals surface area contributed by atoms with Gasteiger partial charge in [0.05, 0.1) is 11.0 Å². The zero-order valence-corrected chi connectivity index (χ0v) is 20.1. The normalized spacial score (nSPS) is 16.7. The number of ether oxygens (including phenoxy) is 1. The van der Waals surface area contributed by atoms with Gasteiger partial charge in [0.25, 0.3) is 0 Å². The van der Waals surface area contributed by atoms with Gasteiger partial charge in [-0.1, -0.05) is 12.1 Å². The Balaban J connectivity index is 1.60. The van der Waals surface area contributed by atoms with Crippen molar-refractivity contribution in [1.29, 1.82) is 0 Å². The summed E-state index contributed by atoms with van der Waals surface area (Å²) in [5.41, 5.74) is 2.70. The lowest BCUT2D eigenvalue weighted by Crippen LogP contribution is -2.28. The lowest BCUT2D eigenvalue weighted by atomic mass is 9.97. The molecule has 0 aliphatic carbocycles. The van der Waals surface area contributed by atoms with Gasteiger partial charge in [0.1, 0.15) is 12.3 Å². The maximum absolute atomic E-state index is 13.3. The fraction of sp³-hybridized carbons (Fsp3) is 0.346. The van der Waals surface area contributed by atoms with Crippen LogP contribution < -0.4 is 4.74 Å². The van der Waals surface area contributed by atoms with E-state index < -0.39 is 16.0 Å². The fourth-order valence-electron chi connectivity index (χ4n) is 4.51. The first-order valence-electron chi connectivity index (χ1n) is 11.2. The summed E-state index contributed by atoms with van der Waals surface area (Å²) in [6, 6.07) is 12.3. The van der Waals surface area contributed by atoms with Crippen LogP contribution in [0, 0.1) is 12.3 Å². The van der Waals surface area contributed by atoms with Gasteiger partial charge in [-0.15, -0.1) is 12.3 Å². The first kappa shape index (κ1) is 23.9. The molecule has 178 valence electrons. The highest BCUT2D eigenvalue weighted by molar-refractivity contribution is 7.89. The van der Waals surface area contributed by atoms with Gasteiger partial charge < -0.3 is 14.4 Å². The first-order chi connectivity index (χ1) is 16.2. The second kappa shape index (κ2) is 9.53. The van der Waals surface area contributed by atoms with Gasteiger partial charge in [-0.2, -0.15) is 4.31 Å². The molecular weight excluding hydrogens is 452 g/mol. The molecule has 1 unspecified atom stereocenters. The maximum Gasteiger partial charge on any atom is 0.323 e. The quantitative estimate of drug-likeness (QED) is 0.495. The zero-order chi connectivity index (χ0) is 24.5. The van der Waals surface area contributed by atoms with Crippen molar-refractivity contribution in [3.05, 3.63) is 59.8 Å². The van der Waals surface area contributed by atoms with Gasteiger partial charge in [0, 0.05) is 42.5 Å². The number of benzene rings is 2. The molecule has 0 spiro atoms. The Labute approximate surface area is 200 Å². The molecule has 0 bridgehead atoms. The molecule has 8 heteroatoms. The third-order valence-corrected chi connectivity index (χ3v) is 7.89. The number of carbonyl (C=O) groups is 1. The molecule has 1 aromatic heterocycles. The van der Waals surface area contributed by atoms with Crippen LogP contribution in [0.2, 0.25) is 0 Å². The van der Waals surface area contributed by atoms with Gasteiger partial charge in [-0.05, 0) is 61.7 Å². The van der Waals surface area contributed by atoms with Gasteiger partial charge in [0.2, 0.25) is 10.0 Å². The highest BCUT2D eigenvalue weighted by Gasteiger charge is 2.34. The van der Waals surface area contributed by atoms with Crippen LogP contribution in [-0.4, -0.2) is 47.6 Å². The molecule has 3 aromatic rings. The lowest BCUT2D eigenvalue weighted by molar-refractivity contribution is -0.137. The second-order valence-electron chi connectivity index (χ2n) is 8.83. The van der Waals surface area contributed by atoms with Crippen LogP contribution in [0.15, 0.2) is 53.6 Å². The van der Waals surface area contributed by atoms with Crippen LogP contribution in [-0.2, 0) is 27.8 Å². The van der Waals surface area contributed by atoms with Crippen LogP contribution in [0.3, 0.4) is 0 Å². The number of carboxylic acid groups (broad SMARTS) is 1. The molecule has 1 fully saturated rings. The van der Waals surface area contributed by atoms with Crippen molar-refractivity contribution in [2.75, 3.05) is 13.1 Å². The Bertz CT molecular complexity index is 1350. The number of terminal acetylenes is 1. The van der Waals surface area contributed by atoms with E-state index in [-0.39, 0.29) is 23.5 Å². The van der Waals surface area contributed by atoms with E-state index in [1.807, 2.05) is 38.2 Å². The van der Waals surface area contributed by atoms with Gasteiger partial charge >= 0.3 is 5.97 Å².